The molecule has 0 aromatic carbocycles. The Kier molecular flexibility index (Phi) is 4.05. The molecule has 0 heterocycles. The zero-order valence-electron chi connectivity index (χ0n) is 4.50. The molecular weight excluding hydrogens is 178 g/mol. The zero-order valence-corrected chi connectivity index (χ0v) is 6.08. The molecule has 0 amide bonds. The summed E-state index contributed by atoms with van der Waals surface area (Å²) in [6.07, 6.45) is -0.849. The van der Waals surface area contributed by atoms with E-state index >= 15 is 0 Å². The van der Waals surface area contributed by atoms with E-state index in [-0.39, 0.29) is 5.57 Å². The van der Waals surface area contributed by atoms with Gasteiger partial charge in [0.15, 0.2) is 0 Å². The van der Waals surface area contributed by atoms with Crippen LogP contribution in [0.25, 0.3) is 0 Å². The lowest BCUT2D eigenvalue weighted by atomic mass is 10.3. The van der Waals surface area contributed by atoms with E-state index in [9.17, 15) is 8.78 Å². The summed E-state index contributed by atoms with van der Waals surface area (Å²) in [5.74, 6) is 0. The van der Waals surface area contributed by atoms with Gasteiger partial charge >= 0.3 is 0 Å². The summed E-state index contributed by atoms with van der Waals surface area (Å²) >= 11 is 3.01. The number of halogens is 3. The summed E-state index contributed by atoms with van der Waals surface area (Å²) in [5, 5.41) is 0.503. The first-order valence-corrected chi connectivity index (χ1v) is 3.31. The van der Waals surface area contributed by atoms with Crippen LogP contribution in [-0.2, 0) is 0 Å². The van der Waals surface area contributed by atoms with Gasteiger partial charge in [-0.1, -0.05) is 22.0 Å². The molecule has 3 heteroatoms. The second kappa shape index (κ2) is 4.01. The highest BCUT2D eigenvalue weighted by molar-refractivity contribution is 9.09. The first-order valence-electron chi connectivity index (χ1n) is 2.19. The maximum Gasteiger partial charge on any atom is 0.259 e. The summed E-state index contributed by atoms with van der Waals surface area (Å²) < 4.78 is 23.1. The van der Waals surface area contributed by atoms with Gasteiger partial charge in [-0.25, -0.2) is 8.78 Å². The molecule has 0 aromatic heterocycles. The van der Waals surface area contributed by atoms with Crippen molar-refractivity contribution < 1.29 is 8.78 Å². The maximum atomic E-state index is 11.5. The summed E-state index contributed by atoms with van der Waals surface area (Å²) in [7, 11) is 0. The van der Waals surface area contributed by atoms with Crippen molar-refractivity contribution in [3.8, 4) is 0 Å². The highest BCUT2D eigenvalue weighted by atomic mass is 79.9. The van der Waals surface area contributed by atoms with Gasteiger partial charge in [0.25, 0.3) is 6.43 Å². The molecule has 0 N–H and O–H groups in total. The lowest BCUT2D eigenvalue weighted by molar-refractivity contribution is 0.189. The second-order valence-electron chi connectivity index (χ2n) is 1.40. The third-order valence-corrected chi connectivity index (χ3v) is 1.07. The zero-order chi connectivity index (χ0) is 6.57. The first-order chi connectivity index (χ1) is 3.68. The van der Waals surface area contributed by atoms with Crippen LogP contribution in [0, 0.1) is 0 Å². The third-order valence-electron chi connectivity index (χ3n) is 0.743. The molecule has 8 heavy (non-hydrogen) atoms. The van der Waals surface area contributed by atoms with Crippen LogP contribution < -0.4 is 0 Å². The summed E-state index contributed by atoms with van der Waals surface area (Å²) in [6.45, 7) is 1.41. The SMILES string of the molecule is C/C(=C\CBr)C(F)F. The van der Waals surface area contributed by atoms with Gasteiger partial charge in [-0.15, -0.1) is 0 Å². The van der Waals surface area contributed by atoms with E-state index in [0.29, 0.717) is 5.33 Å². The molecule has 0 saturated carbocycles. The Morgan fingerprint density at radius 1 is 1.75 bits per heavy atom. The van der Waals surface area contributed by atoms with Crippen molar-refractivity contribution >= 4 is 15.9 Å². The van der Waals surface area contributed by atoms with Crippen LogP contribution in [0.2, 0.25) is 0 Å². The van der Waals surface area contributed by atoms with E-state index in [1.54, 1.807) is 0 Å². The fraction of sp³-hybridized carbons (Fsp3) is 0.600. The quantitative estimate of drug-likeness (QED) is 0.458. The smallest absolute Gasteiger partial charge is 0.205 e. The van der Waals surface area contributed by atoms with E-state index in [1.807, 2.05) is 0 Å². The Bertz CT molecular complexity index is 88.4. The summed E-state index contributed by atoms with van der Waals surface area (Å²) in [4.78, 5) is 0. The lowest BCUT2D eigenvalue weighted by Crippen LogP contribution is -1.90. The minimum absolute atomic E-state index is 0.127. The Hall–Kier alpha value is 0.0800. The predicted octanol–water partition coefficient (Wildman–Crippen LogP) is 2.59. The molecule has 0 spiro atoms. The topological polar surface area (TPSA) is 0 Å². The molecule has 0 aliphatic heterocycles. The van der Waals surface area contributed by atoms with Crippen molar-refractivity contribution in [3.63, 3.8) is 0 Å². The number of allylic oxidation sites excluding steroid dienone is 2. The van der Waals surface area contributed by atoms with Crippen LogP contribution in [0.3, 0.4) is 0 Å². The minimum atomic E-state index is -2.30. The monoisotopic (exact) mass is 184 g/mol. The van der Waals surface area contributed by atoms with Crippen molar-refractivity contribution in [3.05, 3.63) is 11.6 Å². The van der Waals surface area contributed by atoms with Crippen LogP contribution in [-0.4, -0.2) is 11.8 Å². The molecule has 0 radical (unpaired) electrons. The van der Waals surface area contributed by atoms with Crippen molar-refractivity contribution in [2.75, 3.05) is 5.33 Å². The summed E-state index contributed by atoms with van der Waals surface area (Å²) in [5.41, 5.74) is 0.127. The molecule has 0 nitrogen and oxygen atoms in total. The Morgan fingerprint density at radius 3 is 2.38 bits per heavy atom. The van der Waals surface area contributed by atoms with E-state index in [1.165, 1.54) is 13.0 Å². The molecule has 0 aliphatic carbocycles. The van der Waals surface area contributed by atoms with Gasteiger partial charge in [-0.2, -0.15) is 0 Å². The molecule has 0 aliphatic rings. The molecule has 0 unspecified atom stereocenters. The molecule has 0 fully saturated rings. The fourth-order valence-electron chi connectivity index (χ4n) is 0.211. The van der Waals surface area contributed by atoms with Crippen molar-refractivity contribution in [1.29, 1.82) is 0 Å². The van der Waals surface area contributed by atoms with Gasteiger partial charge in [0.05, 0.1) is 0 Å². The first kappa shape index (κ1) is 8.08. The highest BCUT2D eigenvalue weighted by Crippen LogP contribution is 2.06. The molecule has 0 saturated heterocycles. The number of hydrogen-bond acceptors (Lipinski definition) is 0. The maximum absolute atomic E-state index is 11.5. The lowest BCUT2D eigenvalue weighted by Gasteiger charge is -1.93. The molecule has 48 valence electrons. The van der Waals surface area contributed by atoms with Crippen molar-refractivity contribution in [2.45, 2.75) is 13.3 Å². The van der Waals surface area contributed by atoms with Gasteiger partial charge in [-0.3, -0.25) is 0 Å². The number of alkyl halides is 3. The van der Waals surface area contributed by atoms with E-state index in [0.717, 1.165) is 0 Å². The largest absolute Gasteiger partial charge is 0.259 e. The normalized spacial score (nSPS) is 12.9. The van der Waals surface area contributed by atoms with E-state index < -0.39 is 6.43 Å². The van der Waals surface area contributed by atoms with Crippen molar-refractivity contribution in [1.82, 2.24) is 0 Å². The number of hydrogen-bond donors (Lipinski definition) is 0. The molecule has 0 atom stereocenters. The van der Waals surface area contributed by atoms with Crippen LogP contribution in [0.15, 0.2) is 11.6 Å². The predicted molar refractivity (Wildman–Crippen MR) is 33.6 cm³/mol. The number of rotatable bonds is 2. The molecule has 0 bridgehead atoms. The van der Waals surface area contributed by atoms with Crippen LogP contribution in [0.5, 0.6) is 0 Å². The fourth-order valence-corrected chi connectivity index (χ4v) is 0.721. The van der Waals surface area contributed by atoms with Gasteiger partial charge in [0.2, 0.25) is 0 Å². The van der Waals surface area contributed by atoms with Crippen molar-refractivity contribution in [2.24, 2.45) is 0 Å². The Labute approximate surface area is 55.7 Å². The molecule has 0 rings (SSSR count). The average molecular weight is 185 g/mol. The minimum Gasteiger partial charge on any atom is -0.205 e. The van der Waals surface area contributed by atoms with Gasteiger partial charge in [-0.05, 0) is 12.5 Å². The summed E-state index contributed by atoms with van der Waals surface area (Å²) in [6, 6.07) is 0. The van der Waals surface area contributed by atoms with Crippen LogP contribution in [0.1, 0.15) is 6.92 Å². The standard InChI is InChI=1S/C5H7BrF2/c1-4(2-3-6)5(7)8/h2,5H,3H2,1H3/b4-2+. The Morgan fingerprint density at radius 2 is 2.25 bits per heavy atom. The van der Waals surface area contributed by atoms with Gasteiger partial charge in [0.1, 0.15) is 0 Å². The highest BCUT2D eigenvalue weighted by Gasteiger charge is 2.01. The van der Waals surface area contributed by atoms with Gasteiger partial charge in [0, 0.05) is 5.33 Å². The molecule has 0 aromatic rings. The van der Waals surface area contributed by atoms with Gasteiger partial charge < -0.3 is 0 Å². The van der Waals surface area contributed by atoms with Crippen LogP contribution in [0.4, 0.5) is 8.78 Å². The second-order valence-corrected chi connectivity index (χ2v) is 2.05. The average Bonchev–Trinajstić information content (AvgIpc) is 1.67. The van der Waals surface area contributed by atoms with E-state index in [4.69, 9.17) is 0 Å². The molecular formula is C5H7BrF2. The van der Waals surface area contributed by atoms with E-state index in [2.05, 4.69) is 15.9 Å². The third kappa shape index (κ3) is 3.13. The van der Waals surface area contributed by atoms with Crippen LogP contribution >= 0.6 is 15.9 Å². The Balaban J connectivity index is 3.61.